The van der Waals surface area contributed by atoms with Gasteiger partial charge in [-0.15, -0.1) is 0 Å². The van der Waals surface area contributed by atoms with Gasteiger partial charge in [0.1, 0.15) is 0 Å². The van der Waals surface area contributed by atoms with Crippen LogP contribution in [-0.2, 0) is 43.3 Å². The third-order valence-electron chi connectivity index (χ3n) is 6.80. The molecule has 4 rings (SSSR count). The standard InChI is InChI=1S/C30H27O8P/c1-35-26(31)23-24(27(32)36-2)30(29(34)38-4,20-14-8-5-9-15-20)39(25(23)28(33)37-3,21-16-10-6-11-17-21)22-18-12-7-13-19-22/h5-19H,1-4H3. The summed E-state index contributed by atoms with van der Waals surface area (Å²) in [6.45, 7) is -3.72. The molecule has 0 radical (unpaired) electrons. The lowest BCUT2D eigenvalue weighted by Crippen LogP contribution is -2.46. The van der Waals surface area contributed by atoms with Crippen molar-refractivity contribution in [2.24, 2.45) is 0 Å². The highest BCUT2D eigenvalue weighted by molar-refractivity contribution is 7.93. The van der Waals surface area contributed by atoms with E-state index >= 15 is 0 Å². The van der Waals surface area contributed by atoms with Crippen molar-refractivity contribution < 1.29 is 38.1 Å². The average molecular weight is 547 g/mol. The Kier molecular flexibility index (Phi) is 7.88. The minimum Gasteiger partial charge on any atom is -0.468 e. The minimum atomic E-state index is -3.72. The second kappa shape index (κ2) is 11.1. The van der Waals surface area contributed by atoms with Gasteiger partial charge in [-0.1, -0.05) is 91.0 Å². The summed E-state index contributed by atoms with van der Waals surface area (Å²) in [6.07, 6.45) is 0. The van der Waals surface area contributed by atoms with Crippen LogP contribution in [0, 0.1) is 0 Å². The maximum Gasteiger partial charge on any atom is 0.339 e. The number of methoxy groups -OCH3 is 4. The Hall–Kier alpha value is -4.42. The molecule has 0 aromatic heterocycles. The summed E-state index contributed by atoms with van der Waals surface area (Å²) >= 11 is 0. The van der Waals surface area contributed by atoms with Crippen molar-refractivity contribution in [1.82, 2.24) is 0 Å². The number of rotatable bonds is 7. The Morgan fingerprint density at radius 3 is 1.41 bits per heavy atom. The molecular formula is C30H27O8P. The topological polar surface area (TPSA) is 105 Å². The summed E-state index contributed by atoms with van der Waals surface area (Å²) in [7, 11) is 4.64. The number of hydrogen-bond donors (Lipinski definition) is 0. The molecule has 1 aliphatic rings. The van der Waals surface area contributed by atoms with Crippen LogP contribution < -0.4 is 10.6 Å². The van der Waals surface area contributed by atoms with Crippen molar-refractivity contribution in [3.8, 4) is 0 Å². The molecule has 0 N–H and O–H groups in total. The number of hydrogen-bond acceptors (Lipinski definition) is 8. The van der Waals surface area contributed by atoms with Crippen molar-refractivity contribution in [2.75, 3.05) is 28.4 Å². The molecule has 0 bridgehead atoms. The van der Waals surface area contributed by atoms with Crippen LogP contribution in [0.4, 0.5) is 0 Å². The van der Waals surface area contributed by atoms with E-state index in [4.69, 9.17) is 18.9 Å². The van der Waals surface area contributed by atoms with E-state index < -0.39 is 35.9 Å². The molecule has 0 amide bonds. The molecule has 200 valence electrons. The lowest BCUT2D eigenvalue weighted by molar-refractivity contribution is -0.146. The zero-order valence-corrected chi connectivity index (χ0v) is 22.8. The van der Waals surface area contributed by atoms with Gasteiger partial charge in [0.05, 0.1) is 44.9 Å². The van der Waals surface area contributed by atoms with Crippen LogP contribution in [0.25, 0.3) is 0 Å². The van der Waals surface area contributed by atoms with Crippen molar-refractivity contribution in [2.45, 2.75) is 5.16 Å². The van der Waals surface area contributed by atoms with Gasteiger partial charge in [0.2, 0.25) is 0 Å². The Bertz CT molecular complexity index is 1470. The summed E-state index contributed by atoms with van der Waals surface area (Å²) in [6, 6.07) is 26.2. The fraction of sp³-hybridized carbons (Fsp3) is 0.167. The maximum atomic E-state index is 14.5. The molecule has 8 nitrogen and oxygen atoms in total. The van der Waals surface area contributed by atoms with Crippen molar-refractivity contribution >= 4 is 46.7 Å². The summed E-state index contributed by atoms with van der Waals surface area (Å²) in [4.78, 5) is 55.8. The van der Waals surface area contributed by atoms with Gasteiger partial charge in [-0.05, 0) is 23.1 Å². The number of carbonyl (C=O) groups is 4. The smallest absolute Gasteiger partial charge is 0.339 e. The van der Waals surface area contributed by atoms with Crippen LogP contribution in [0.5, 0.6) is 0 Å². The second-order valence-corrected chi connectivity index (χ2v) is 12.0. The van der Waals surface area contributed by atoms with Gasteiger partial charge in [0.15, 0.2) is 5.16 Å². The SMILES string of the molecule is COC(=O)C1=C(C(=O)OC)C(C(=O)OC)(c2ccccc2)P(c2ccccc2)(c2ccccc2)=C1C(=O)OC. The highest BCUT2D eigenvalue weighted by atomic mass is 31.2. The fourth-order valence-corrected chi connectivity index (χ4v) is 10.9. The van der Waals surface area contributed by atoms with Crippen LogP contribution in [0.15, 0.2) is 102 Å². The maximum absolute atomic E-state index is 14.5. The first-order valence-electron chi connectivity index (χ1n) is 11.9. The van der Waals surface area contributed by atoms with Gasteiger partial charge in [-0.2, -0.15) is 0 Å². The Morgan fingerprint density at radius 1 is 0.564 bits per heavy atom. The molecule has 0 saturated carbocycles. The molecule has 0 fully saturated rings. The summed E-state index contributed by atoms with van der Waals surface area (Å²) in [5.41, 5.74) is -0.401. The predicted molar refractivity (Wildman–Crippen MR) is 147 cm³/mol. The molecule has 9 heteroatoms. The highest BCUT2D eigenvalue weighted by Gasteiger charge is 2.67. The predicted octanol–water partition coefficient (Wildman–Crippen LogP) is 2.73. The third-order valence-corrected chi connectivity index (χ3v) is 11.7. The van der Waals surface area contributed by atoms with Crippen molar-refractivity contribution in [1.29, 1.82) is 0 Å². The summed E-state index contributed by atoms with van der Waals surface area (Å²) in [5, 5.41) is -1.10. The molecule has 0 aliphatic carbocycles. The van der Waals surface area contributed by atoms with E-state index in [1.807, 2.05) is 0 Å². The quantitative estimate of drug-likeness (QED) is 0.253. The average Bonchev–Trinajstić information content (AvgIpc) is 3.30. The first-order valence-corrected chi connectivity index (χ1v) is 13.7. The lowest BCUT2D eigenvalue weighted by Gasteiger charge is -2.43. The van der Waals surface area contributed by atoms with E-state index in [9.17, 15) is 19.2 Å². The first-order chi connectivity index (χ1) is 18.9. The molecule has 0 saturated heterocycles. The first kappa shape index (κ1) is 27.6. The largest absolute Gasteiger partial charge is 0.468 e. The van der Waals surface area contributed by atoms with Gasteiger partial charge < -0.3 is 18.9 Å². The molecule has 1 atom stereocenters. The van der Waals surface area contributed by atoms with E-state index in [-0.39, 0.29) is 16.4 Å². The van der Waals surface area contributed by atoms with Crippen LogP contribution in [0.3, 0.4) is 0 Å². The Morgan fingerprint density at radius 2 is 1.00 bits per heavy atom. The van der Waals surface area contributed by atoms with Crippen molar-refractivity contribution in [3.63, 3.8) is 0 Å². The Balaban J connectivity index is 2.52. The van der Waals surface area contributed by atoms with Gasteiger partial charge >= 0.3 is 23.9 Å². The minimum absolute atomic E-state index is 0.149. The van der Waals surface area contributed by atoms with E-state index in [1.165, 1.54) is 14.2 Å². The Labute approximate surface area is 226 Å². The van der Waals surface area contributed by atoms with Gasteiger partial charge in [-0.25, -0.2) is 14.4 Å². The summed E-state index contributed by atoms with van der Waals surface area (Å²) < 4.78 is 21.1. The molecule has 1 aliphatic heterocycles. The monoisotopic (exact) mass is 546 g/mol. The molecule has 0 spiro atoms. The number of ether oxygens (including phenoxy) is 4. The van der Waals surface area contributed by atoms with Crippen molar-refractivity contribution in [3.05, 3.63) is 108 Å². The van der Waals surface area contributed by atoms with Gasteiger partial charge in [0, 0.05) is 0 Å². The molecule has 39 heavy (non-hydrogen) atoms. The van der Waals surface area contributed by atoms with E-state index in [0.717, 1.165) is 14.2 Å². The zero-order valence-electron chi connectivity index (χ0n) is 21.9. The molecule has 1 unspecified atom stereocenters. The van der Waals surface area contributed by atoms with E-state index in [1.54, 1.807) is 91.0 Å². The molecule has 3 aromatic carbocycles. The number of benzene rings is 3. The molecule has 1 heterocycles. The third kappa shape index (κ3) is 3.91. The van der Waals surface area contributed by atoms with Crippen LogP contribution >= 0.6 is 6.89 Å². The highest BCUT2D eigenvalue weighted by Crippen LogP contribution is 2.72. The fourth-order valence-electron chi connectivity index (χ4n) is 5.41. The van der Waals surface area contributed by atoms with Gasteiger partial charge in [-0.3, -0.25) is 4.79 Å². The zero-order chi connectivity index (χ0) is 28.2. The van der Waals surface area contributed by atoms with Crippen LogP contribution in [-0.4, -0.2) is 57.6 Å². The van der Waals surface area contributed by atoms with E-state index in [0.29, 0.717) is 16.2 Å². The van der Waals surface area contributed by atoms with Crippen LogP contribution in [0.1, 0.15) is 5.56 Å². The molecular weight excluding hydrogens is 519 g/mol. The van der Waals surface area contributed by atoms with Crippen LogP contribution in [0.2, 0.25) is 0 Å². The second-order valence-electron chi connectivity index (χ2n) is 8.48. The van der Waals surface area contributed by atoms with E-state index in [2.05, 4.69) is 0 Å². The number of esters is 4. The normalized spacial score (nSPS) is 17.8. The number of carbonyl (C=O) groups excluding carboxylic acids is 4. The molecule has 3 aromatic rings. The van der Waals surface area contributed by atoms with Gasteiger partial charge in [0.25, 0.3) is 0 Å². The lowest BCUT2D eigenvalue weighted by atomic mass is 9.86. The summed E-state index contributed by atoms with van der Waals surface area (Å²) in [5.74, 6) is -3.72.